The molecular formula is C22H36IN5. The smallest absolute Gasteiger partial charge is 0.191 e. The van der Waals surface area contributed by atoms with Crippen LogP contribution in [-0.2, 0) is 6.42 Å². The highest BCUT2D eigenvalue weighted by molar-refractivity contribution is 14.0. The van der Waals surface area contributed by atoms with Gasteiger partial charge in [-0.3, -0.25) is 4.99 Å². The number of rotatable bonds is 8. The second-order valence-electron chi connectivity index (χ2n) is 7.71. The SMILES string of the molecule is CCCN1CCC(CN=C(NCC)NCCc2c[nH]c3cc(C)ccc23)C1.I. The number of nitrogens with one attached hydrogen (secondary N) is 3. The summed E-state index contributed by atoms with van der Waals surface area (Å²) in [7, 11) is 0. The maximum absolute atomic E-state index is 4.84. The Labute approximate surface area is 186 Å². The molecule has 0 bridgehead atoms. The van der Waals surface area contributed by atoms with Gasteiger partial charge >= 0.3 is 0 Å². The number of hydrogen-bond donors (Lipinski definition) is 3. The first-order valence-electron chi connectivity index (χ1n) is 10.5. The van der Waals surface area contributed by atoms with Crippen molar-refractivity contribution >= 4 is 40.8 Å². The Kier molecular flexibility index (Phi) is 9.58. The van der Waals surface area contributed by atoms with Crippen LogP contribution < -0.4 is 10.6 Å². The first kappa shape index (κ1) is 23.0. The topological polar surface area (TPSA) is 55.4 Å². The zero-order chi connectivity index (χ0) is 19.1. The second-order valence-corrected chi connectivity index (χ2v) is 7.71. The van der Waals surface area contributed by atoms with Crippen molar-refractivity contribution < 1.29 is 0 Å². The molecule has 0 aliphatic carbocycles. The number of likely N-dealkylation sites (tertiary alicyclic amines) is 1. The van der Waals surface area contributed by atoms with Crippen LogP contribution in [0.2, 0.25) is 0 Å². The van der Waals surface area contributed by atoms with Gasteiger partial charge < -0.3 is 20.5 Å². The molecule has 1 saturated heterocycles. The van der Waals surface area contributed by atoms with Gasteiger partial charge in [-0.1, -0.05) is 19.1 Å². The van der Waals surface area contributed by atoms with Crippen molar-refractivity contribution in [2.45, 2.75) is 40.0 Å². The van der Waals surface area contributed by atoms with Crippen molar-refractivity contribution in [3.8, 4) is 0 Å². The first-order valence-corrected chi connectivity index (χ1v) is 10.5. The summed E-state index contributed by atoms with van der Waals surface area (Å²) in [5.41, 5.74) is 3.88. The Morgan fingerprint density at radius 3 is 2.93 bits per heavy atom. The average Bonchev–Trinajstić information content (AvgIpc) is 3.27. The van der Waals surface area contributed by atoms with Gasteiger partial charge in [-0.25, -0.2) is 0 Å². The van der Waals surface area contributed by atoms with E-state index < -0.39 is 0 Å². The Balaban J connectivity index is 0.00000280. The Bertz CT molecular complexity index is 754. The van der Waals surface area contributed by atoms with Crippen molar-refractivity contribution in [1.29, 1.82) is 0 Å². The molecule has 0 spiro atoms. The van der Waals surface area contributed by atoms with Crippen molar-refractivity contribution in [3.05, 3.63) is 35.5 Å². The highest BCUT2D eigenvalue weighted by Crippen LogP contribution is 2.19. The summed E-state index contributed by atoms with van der Waals surface area (Å²) >= 11 is 0. The molecule has 2 aromatic rings. The summed E-state index contributed by atoms with van der Waals surface area (Å²) < 4.78 is 0. The van der Waals surface area contributed by atoms with E-state index in [9.17, 15) is 0 Å². The third-order valence-electron chi connectivity index (χ3n) is 5.37. The molecule has 3 rings (SSSR count). The zero-order valence-electron chi connectivity index (χ0n) is 17.6. The van der Waals surface area contributed by atoms with E-state index in [4.69, 9.17) is 4.99 Å². The molecule has 1 aromatic carbocycles. The summed E-state index contributed by atoms with van der Waals surface area (Å²) in [5, 5.41) is 8.22. The van der Waals surface area contributed by atoms with Crippen LogP contribution in [0, 0.1) is 12.8 Å². The molecule has 1 aliphatic heterocycles. The molecule has 5 nitrogen and oxygen atoms in total. The molecule has 2 heterocycles. The molecular weight excluding hydrogens is 461 g/mol. The van der Waals surface area contributed by atoms with Crippen LogP contribution >= 0.6 is 24.0 Å². The summed E-state index contributed by atoms with van der Waals surface area (Å²) in [6.07, 6.45) is 5.64. The van der Waals surface area contributed by atoms with Crippen molar-refractivity contribution in [1.82, 2.24) is 20.5 Å². The summed E-state index contributed by atoms with van der Waals surface area (Å²) in [5.74, 6) is 1.64. The number of guanidine groups is 1. The lowest BCUT2D eigenvalue weighted by atomic mass is 10.1. The molecule has 1 unspecified atom stereocenters. The van der Waals surface area contributed by atoms with E-state index in [0.29, 0.717) is 5.92 Å². The number of aryl methyl sites for hydroxylation is 1. The fourth-order valence-electron chi connectivity index (χ4n) is 3.97. The monoisotopic (exact) mass is 497 g/mol. The fourth-order valence-corrected chi connectivity index (χ4v) is 3.97. The predicted molar refractivity (Wildman–Crippen MR) is 131 cm³/mol. The number of aliphatic imine (C=N–C) groups is 1. The number of hydrogen-bond acceptors (Lipinski definition) is 2. The third kappa shape index (κ3) is 6.37. The van der Waals surface area contributed by atoms with E-state index in [1.807, 2.05) is 0 Å². The van der Waals surface area contributed by atoms with Crippen molar-refractivity contribution in [3.63, 3.8) is 0 Å². The van der Waals surface area contributed by atoms with Gasteiger partial charge in [0.05, 0.1) is 0 Å². The Hall–Kier alpha value is -1.28. The number of aromatic amines is 1. The lowest BCUT2D eigenvalue weighted by Crippen LogP contribution is -2.38. The molecule has 0 radical (unpaired) electrons. The van der Waals surface area contributed by atoms with E-state index in [1.165, 1.54) is 54.5 Å². The number of H-pyrrole nitrogens is 1. The van der Waals surface area contributed by atoms with E-state index in [-0.39, 0.29) is 24.0 Å². The maximum Gasteiger partial charge on any atom is 0.191 e. The number of nitrogens with zero attached hydrogens (tertiary/aromatic N) is 2. The van der Waals surface area contributed by atoms with Crippen molar-refractivity contribution in [2.24, 2.45) is 10.9 Å². The summed E-state index contributed by atoms with van der Waals surface area (Å²) in [4.78, 5) is 10.8. The number of halogens is 1. The molecule has 1 fully saturated rings. The van der Waals surface area contributed by atoms with E-state index >= 15 is 0 Å². The fraction of sp³-hybridized carbons (Fsp3) is 0.591. The molecule has 3 N–H and O–H groups in total. The summed E-state index contributed by atoms with van der Waals surface area (Å²) in [6.45, 7) is 12.9. The van der Waals surface area contributed by atoms with Crippen LogP contribution in [0.25, 0.3) is 10.9 Å². The van der Waals surface area contributed by atoms with Crippen LogP contribution in [-0.4, -0.2) is 55.1 Å². The Morgan fingerprint density at radius 2 is 2.14 bits per heavy atom. The molecule has 6 heteroatoms. The minimum absolute atomic E-state index is 0. The van der Waals surface area contributed by atoms with Crippen molar-refractivity contribution in [2.75, 3.05) is 39.3 Å². The van der Waals surface area contributed by atoms with E-state index in [1.54, 1.807) is 0 Å². The maximum atomic E-state index is 4.84. The van der Waals surface area contributed by atoms with Gasteiger partial charge in [-0.05, 0) is 69.3 Å². The molecule has 0 amide bonds. The van der Waals surface area contributed by atoms with Crippen LogP contribution in [0.15, 0.2) is 29.4 Å². The molecule has 28 heavy (non-hydrogen) atoms. The first-order chi connectivity index (χ1) is 13.2. The van der Waals surface area contributed by atoms with Gasteiger partial charge in [-0.2, -0.15) is 0 Å². The van der Waals surface area contributed by atoms with Gasteiger partial charge in [0.1, 0.15) is 0 Å². The van der Waals surface area contributed by atoms with Gasteiger partial charge in [0.15, 0.2) is 5.96 Å². The van der Waals surface area contributed by atoms with Gasteiger partial charge in [0.25, 0.3) is 0 Å². The van der Waals surface area contributed by atoms with Crippen LogP contribution in [0.3, 0.4) is 0 Å². The molecule has 0 saturated carbocycles. The van der Waals surface area contributed by atoms with Gasteiger partial charge in [0.2, 0.25) is 0 Å². The Morgan fingerprint density at radius 1 is 1.29 bits per heavy atom. The van der Waals surface area contributed by atoms with Crippen LogP contribution in [0.5, 0.6) is 0 Å². The standard InChI is InChI=1S/C22H35N5.HI/c1-4-11-27-12-9-18(16-27)14-26-22(23-5-2)24-10-8-19-15-25-21-13-17(3)6-7-20(19)21;/h6-7,13,15,18,25H,4-5,8-12,14,16H2,1-3H3,(H2,23,24,26);1H. The highest BCUT2D eigenvalue weighted by atomic mass is 127. The molecule has 1 aromatic heterocycles. The lowest BCUT2D eigenvalue weighted by molar-refractivity contribution is 0.326. The van der Waals surface area contributed by atoms with Gasteiger partial charge in [-0.15, -0.1) is 24.0 Å². The minimum atomic E-state index is 0. The minimum Gasteiger partial charge on any atom is -0.361 e. The highest BCUT2D eigenvalue weighted by Gasteiger charge is 2.21. The number of aromatic nitrogens is 1. The van der Waals surface area contributed by atoms with E-state index in [0.717, 1.165) is 32.0 Å². The summed E-state index contributed by atoms with van der Waals surface area (Å²) in [6, 6.07) is 6.61. The van der Waals surface area contributed by atoms with E-state index in [2.05, 4.69) is 65.7 Å². The molecule has 156 valence electrons. The van der Waals surface area contributed by atoms with Crippen LogP contribution in [0.1, 0.15) is 37.8 Å². The largest absolute Gasteiger partial charge is 0.361 e. The lowest BCUT2D eigenvalue weighted by Gasteiger charge is -2.15. The second kappa shape index (κ2) is 11.7. The normalized spacial score (nSPS) is 17.7. The number of benzene rings is 1. The zero-order valence-corrected chi connectivity index (χ0v) is 19.9. The predicted octanol–water partition coefficient (Wildman–Crippen LogP) is 3.92. The average molecular weight is 497 g/mol. The number of fused-ring (bicyclic) bond motifs is 1. The van der Waals surface area contributed by atoms with Crippen LogP contribution in [0.4, 0.5) is 0 Å². The third-order valence-corrected chi connectivity index (χ3v) is 5.37. The molecule has 1 atom stereocenters. The van der Waals surface area contributed by atoms with Gasteiger partial charge in [0, 0.05) is 43.3 Å². The quantitative estimate of drug-likeness (QED) is 0.295. The molecule has 1 aliphatic rings.